The van der Waals surface area contributed by atoms with Gasteiger partial charge in [-0.05, 0) is 12.1 Å². The monoisotopic (exact) mass is 282 g/mol. The van der Waals surface area contributed by atoms with Crippen LogP contribution in [0.3, 0.4) is 0 Å². The van der Waals surface area contributed by atoms with Gasteiger partial charge in [0.1, 0.15) is 0 Å². The smallest absolute Gasteiger partial charge is 0.254 e. The van der Waals surface area contributed by atoms with Crippen LogP contribution in [-0.2, 0) is 0 Å². The zero-order valence-electron chi connectivity index (χ0n) is 10.7. The number of carbonyl (C=O) groups is 1. The summed E-state index contributed by atoms with van der Waals surface area (Å²) < 4.78 is 39.1. The second-order valence-corrected chi connectivity index (χ2v) is 4.53. The van der Waals surface area contributed by atoms with Gasteiger partial charge in [-0.3, -0.25) is 9.69 Å². The molecule has 0 N–H and O–H groups in total. The molecule has 0 spiro atoms. The summed E-state index contributed by atoms with van der Waals surface area (Å²) in [6, 6.07) is 1.43. The first-order valence-corrected chi connectivity index (χ1v) is 6.12. The molecule has 1 fully saturated rings. The summed E-state index contributed by atoms with van der Waals surface area (Å²) >= 11 is 0. The van der Waals surface area contributed by atoms with Crippen LogP contribution in [0.1, 0.15) is 10.4 Å². The molecule has 20 heavy (non-hydrogen) atoms. The van der Waals surface area contributed by atoms with Crippen molar-refractivity contribution in [2.45, 2.75) is 0 Å². The molecule has 0 aliphatic carbocycles. The lowest BCUT2D eigenvalue weighted by atomic mass is 10.1. The van der Waals surface area contributed by atoms with Crippen molar-refractivity contribution in [3.63, 3.8) is 0 Å². The van der Waals surface area contributed by atoms with E-state index in [1.165, 1.54) is 4.90 Å². The molecule has 0 unspecified atom stereocenters. The Kier molecular flexibility index (Phi) is 4.30. The Morgan fingerprint density at radius 2 is 1.70 bits per heavy atom. The van der Waals surface area contributed by atoms with Gasteiger partial charge in [0.2, 0.25) is 0 Å². The zero-order valence-corrected chi connectivity index (χ0v) is 10.7. The van der Waals surface area contributed by atoms with Gasteiger partial charge < -0.3 is 4.90 Å². The number of benzene rings is 1. The molecule has 1 heterocycles. The number of rotatable bonds is 2. The number of piperazine rings is 1. The average Bonchev–Trinajstić information content (AvgIpc) is 2.44. The van der Waals surface area contributed by atoms with Crippen LogP contribution >= 0.6 is 0 Å². The topological polar surface area (TPSA) is 23.6 Å². The molecule has 0 bridgehead atoms. The van der Waals surface area contributed by atoms with Gasteiger partial charge in [0.25, 0.3) is 5.91 Å². The highest BCUT2D eigenvalue weighted by atomic mass is 19.2. The van der Waals surface area contributed by atoms with Crippen LogP contribution < -0.4 is 0 Å². The minimum Gasteiger partial charge on any atom is -0.336 e. The van der Waals surface area contributed by atoms with Crippen molar-refractivity contribution >= 4 is 5.91 Å². The molecule has 3 nitrogen and oxygen atoms in total. The largest absolute Gasteiger partial charge is 0.336 e. The molecular formula is C14H13F3N2O. The average molecular weight is 282 g/mol. The van der Waals surface area contributed by atoms with E-state index in [-0.39, 0.29) is 5.56 Å². The number of hydrogen-bond acceptors (Lipinski definition) is 2. The first-order chi connectivity index (χ1) is 9.52. The predicted octanol–water partition coefficient (Wildman–Crippen LogP) is 1.49. The number of nitrogens with zero attached hydrogens (tertiary/aromatic N) is 2. The van der Waals surface area contributed by atoms with E-state index in [0.29, 0.717) is 44.9 Å². The summed E-state index contributed by atoms with van der Waals surface area (Å²) in [5.41, 5.74) is -0.188. The third-order valence-corrected chi connectivity index (χ3v) is 3.21. The molecule has 0 aromatic heterocycles. The molecule has 1 saturated heterocycles. The van der Waals surface area contributed by atoms with Crippen LogP contribution in [0.4, 0.5) is 13.2 Å². The van der Waals surface area contributed by atoms with Crippen LogP contribution in [0.5, 0.6) is 0 Å². The Balaban J connectivity index is 2.08. The van der Waals surface area contributed by atoms with Gasteiger partial charge in [-0.25, -0.2) is 13.2 Å². The first kappa shape index (κ1) is 14.4. The van der Waals surface area contributed by atoms with Gasteiger partial charge in [0.15, 0.2) is 17.5 Å². The minimum absolute atomic E-state index is 0.188. The van der Waals surface area contributed by atoms with Crippen molar-refractivity contribution in [2.24, 2.45) is 0 Å². The van der Waals surface area contributed by atoms with Crippen molar-refractivity contribution in [3.8, 4) is 12.3 Å². The quantitative estimate of drug-likeness (QED) is 0.606. The summed E-state index contributed by atoms with van der Waals surface area (Å²) in [6.45, 7) is 2.54. The molecule has 1 aliphatic heterocycles. The number of carbonyl (C=O) groups excluding carboxylic acids is 1. The normalized spacial score (nSPS) is 16.0. The van der Waals surface area contributed by atoms with E-state index in [0.717, 1.165) is 0 Å². The van der Waals surface area contributed by atoms with Crippen molar-refractivity contribution in [3.05, 3.63) is 35.1 Å². The fourth-order valence-electron chi connectivity index (χ4n) is 2.10. The van der Waals surface area contributed by atoms with Gasteiger partial charge >= 0.3 is 0 Å². The van der Waals surface area contributed by atoms with Crippen LogP contribution in [-0.4, -0.2) is 48.4 Å². The summed E-state index contributed by atoms with van der Waals surface area (Å²) in [5.74, 6) is -2.29. The molecular weight excluding hydrogens is 269 g/mol. The Labute approximate surface area is 115 Å². The van der Waals surface area contributed by atoms with Gasteiger partial charge in [-0.1, -0.05) is 5.92 Å². The summed E-state index contributed by atoms with van der Waals surface area (Å²) in [4.78, 5) is 15.6. The fraction of sp³-hybridized carbons (Fsp3) is 0.357. The van der Waals surface area contributed by atoms with Crippen LogP contribution in [0.2, 0.25) is 0 Å². The molecule has 0 radical (unpaired) electrons. The Hall–Kier alpha value is -2.00. The van der Waals surface area contributed by atoms with E-state index in [1.54, 1.807) is 0 Å². The van der Waals surface area contributed by atoms with Crippen molar-refractivity contribution < 1.29 is 18.0 Å². The van der Waals surface area contributed by atoms with E-state index < -0.39 is 23.4 Å². The summed E-state index contributed by atoms with van der Waals surface area (Å²) in [6.07, 6.45) is 5.20. The first-order valence-electron chi connectivity index (χ1n) is 6.12. The highest BCUT2D eigenvalue weighted by Gasteiger charge is 2.23. The van der Waals surface area contributed by atoms with E-state index in [4.69, 9.17) is 6.42 Å². The predicted molar refractivity (Wildman–Crippen MR) is 67.5 cm³/mol. The third-order valence-electron chi connectivity index (χ3n) is 3.21. The lowest BCUT2D eigenvalue weighted by Gasteiger charge is -2.33. The lowest BCUT2D eigenvalue weighted by molar-refractivity contribution is 0.0651. The maximum atomic E-state index is 13.1. The van der Waals surface area contributed by atoms with E-state index >= 15 is 0 Å². The second-order valence-electron chi connectivity index (χ2n) is 4.53. The third kappa shape index (κ3) is 2.94. The highest BCUT2D eigenvalue weighted by Crippen LogP contribution is 2.16. The Morgan fingerprint density at radius 3 is 2.20 bits per heavy atom. The second kappa shape index (κ2) is 5.97. The molecule has 2 rings (SSSR count). The van der Waals surface area contributed by atoms with Crippen molar-refractivity contribution in [1.29, 1.82) is 0 Å². The molecule has 106 valence electrons. The minimum atomic E-state index is -1.57. The standard InChI is InChI=1S/C14H13F3N2O/c1-2-3-18-4-6-19(7-5-18)14(20)10-8-11(15)13(17)12(16)9-10/h1,8-9H,3-7H2. The molecule has 6 heteroatoms. The summed E-state index contributed by atoms with van der Waals surface area (Å²) in [7, 11) is 0. The fourth-order valence-corrected chi connectivity index (χ4v) is 2.10. The number of terminal acetylenes is 1. The van der Waals surface area contributed by atoms with Gasteiger partial charge in [0, 0.05) is 31.7 Å². The van der Waals surface area contributed by atoms with Gasteiger partial charge in [-0.15, -0.1) is 6.42 Å². The Bertz CT molecular complexity index is 537. The van der Waals surface area contributed by atoms with E-state index in [9.17, 15) is 18.0 Å². The van der Waals surface area contributed by atoms with Crippen LogP contribution in [0, 0.1) is 29.8 Å². The molecule has 0 saturated carbocycles. The Morgan fingerprint density at radius 1 is 1.15 bits per heavy atom. The van der Waals surface area contributed by atoms with Crippen LogP contribution in [0.15, 0.2) is 12.1 Å². The van der Waals surface area contributed by atoms with E-state index in [1.807, 2.05) is 4.90 Å². The lowest BCUT2D eigenvalue weighted by Crippen LogP contribution is -2.48. The van der Waals surface area contributed by atoms with E-state index in [2.05, 4.69) is 5.92 Å². The van der Waals surface area contributed by atoms with Crippen LogP contribution in [0.25, 0.3) is 0 Å². The number of amides is 1. The molecule has 1 aromatic carbocycles. The molecule has 1 amide bonds. The van der Waals surface area contributed by atoms with Gasteiger partial charge in [0.05, 0.1) is 6.54 Å². The van der Waals surface area contributed by atoms with Crippen molar-refractivity contribution in [1.82, 2.24) is 9.80 Å². The number of halogens is 3. The molecule has 1 aliphatic rings. The maximum Gasteiger partial charge on any atom is 0.254 e. The highest BCUT2D eigenvalue weighted by molar-refractivity contribution is 5.94. The van der Waals surface area contributed by atoms with Gasteiger partial charge in [-0.2, -0.15) is 0 Å². The SMILES string of the molecule is C#CCN1CCN(C(=O)c2cc(F)c(F)c(F)c2)CC1. The molecule has 1 aromatic rings. The number of hydrogen-bond donors (Lipinski definition) is 0. The maximum absolute atomic E-state index is 13.1. The van der Waals surface area contributed by atoms with Crippen molar-refractivity contribution in [2.75, 3.05) is 32.7 Å². The zero-order chi connectivity index (χ0) is 14.7. The molecule has 0 atom stereocenters. The summed E-state index contributed by atoms with van der Waals surface area (Å²) in [5, 5.41) is 0.